The highest BCUT2D eigenvalue weighted by Gasteiger charge is 2.21. The fraction of sp³-hybridized carbons (Fsp3) is 0.375. The highest BCUT2D eigenvalue weighted by molar-refractivity contribution is 5.61. The van der Waals surface area contributed by atoms with Crippen molar-refractivity contribution in [3.63, 3.8) is 0 Å². The first-order valence-corrected chi connectivity index (χ1v) is 13.2. The maximum absolute atomic E-state index is 6.15. The molecule has 1 N–H and O–H groups in total. The van der Waals surface area contributed by atoms with Crippen LogP contribution in [0.15, 0.2) is 60.7 Å². The number of ether oxygens (including phenoxy) is 4. The minimum atomic E-state index is 0.0799. The summed E-state index contributed by atoms with van der Waals surface area (Å²) in [5.41, 5.74) is 5.90. The summed E-state index contributed by atoms with van der Waals surface area (Å²) < 4.78 is 23.5. The highest BCUT2D eigenvalue weighted by atomic mass is 16.5. The summed E-state index contributed by atoms with van der Waals surface area (Å²) in [5, 5.41) is 3.64. The molecule has 1 heterocycles. The number of hydrogen-bond acceptors (Lipinski definition) is 5. The van der Waals surface area contributed by atoms with Crippen LogP contribution in [0.4, 0.5) is 0 Å². The van der Waals surface area contributed by atoms with Crippen LogP contribution in [0.3, 0.4) is 0 Å². The van der Waals surface area contributed by atoms with Gasteiger partial charge in [-0.15, -0.1) is 0 Å². The fourth-order valence-electron chi connectivity index (χ4n) is 4.64. The molecular formula is C32H39NO4. The van der Waals surface area contributed by atoms with Crippen molar-refractivity contribution in [1.29, 1.82) is 0 Å². The molecule has 0 bridgehead atoms. The Bertz CT molecular complexity index is 1190. The lowest BCUT2D eigenvalue weighted by Crippen LogP contribution is -2.28. The van der Waals surface area contributed by atoms with Gasteiger partial charge in [-0.25, -0.2) is 0 Å². The quantitative estimate of drug-likeness (QED) is 0.269. The predicted octanol–water partition coefficient (Wildman–Crippen LogP) is 7.06. The van der Waals surface area contributed by atoms with Crippen LogP contribution in [-0.4, -0.2) is 27.4 Å². The van der Waals surface area contributed by atoms with Gasteiger partial charge in [0.15, 0.2) is 23.0 Å². The molecule has 0 fully saturated rings. The van der Waals surface area contributed by atoms with Gasteiger partial charge in [0.2, 0.25) is 0 Å². The molecule has 0 spiro atoms. The minimum Gasteiger partial charge on any atom is -0.493 e. The van der Waals surface area contributed by atoms with Gasteiger partial charge in [0, 0.05) is 6.54 Å². The van der Waals surface area contributed by atoms with Gasteiger partial charge in [-0.2, -0.15) is 0 Å². The third-order valence-corrected chi connectivity index (χ3v) is 6.78. The molecule has 5 nitrogen and oxygen atoms in total. The molecule has 0 aliphatic carbocycles. The standard InChI is InChI=1S/C32H39NO4/c1-5-6-10-17-36-31-19-25(23(2)18-29(31)34-3)13-14-28-27-21-30(35-4)32(20-26(27)15-16-33-28)37-22-24-11-8-7-9-12-24/h7-9,11-14,18-21,28,33H,5-6,10,15-17,22H2,1-4H3/b14-13+. The van der Waals surface area contributed by atoms with Gasteiger partial charge in [-0.1, -0.05) is 62.2 Å². The van der Waals surface area contributed by atoms with E-state index >= 15 is 0 Å². The highest BCUT2D eigenvalue weighted by Crippen LogP contribution is 2.37. The van der Waals surface area contributed by atoms with Gasteiger partial charge < -0.3 is 24.3 Å². The zero-order valence-electron chi connectivity index (χ0n) is 22.5. The number of unbranched alkanes of at least 4 members (excludes halogenated alkanes) is 2. The Hall–Kier alpha value is -3.44. The van der Waals surface area contributed by atoms with Crippen LogP contribution in [0, 0.1) is 6.92 Å². The molecule has 3 aromatic rings. The monoisotopic (exact) mass is 501 g/mol. The van der Waals surface area contributed by atoms with Crippen LogP contribution < -0.4 is 24.3 Å². The first-order chi connectivity index (χ1) is 18.1. The first kappa shape index (κ1) is 26.6. The summed E-state index contributed by atoms with van der Waals surface area (Å²) in [6.07, 6.45) is 8.72. The summed E-state index contributed by atoms with van der Waals surface area (Å²) in [5.74, 6) is 3.11. The number of hydrogen-bond donors (Lipinski definition) is 1. The molecule has 1 atom stereocenters. The molecule has 37 heavy (non-hydrogen) atoms. The van der Waals surface area contributed by atoms with Crippen molar-refractivity contribution in [3.8, 4) is 23.0 Å². The molecule has 196 valence electrons. The van der Waals surface area contributed by atoms with E-state index < -0.39 is 0 Å². The van der Waals surface area contributed by atoms with Gasteiger partial charge >= 0.3 is 0 Å². The number of nitrogens with one attached hydrogen (secondary N) is 1. The Morgan fingerprint density at radius 2 is 1.65 bits per heavy atom. The van der Waals surface area contributed by atoms with E-state index in [9.17, 15) is 0 Å². The molecule has 5 heteroatoms. The van der Waals surface area contributed by atoms with E-state index in [0.29, 0.717) is 13.2 Å². The molecule has 0 radical (unpaired) electrons. The van der Waals surface area contributed by atoms with E-state index in [4.69, 9.17) is 18.9 Å². The molecule has 0 saturated carbocycles. The van der Waals surface area contributed by atoms with E-state index in [0.717, 1.165) is 65.5 Å². The normalized spacial score (nSPS) is 14.9. The molecule has 0 saturated heterocycles. The average molecular weight is 502 g/mol. The van der Waals surface area contributed by atoms with Crippen LogP contribution in [0.1, 0.15) is 60.0 Å². The van der Waals surface area contributed by atoms with E-state index in [-0.39, 0.29) is 6.04 Å². The van der Waals surface area contributed by atoms with Crippen LogP contribution in [0.2, 0.25) is 0 Å². The van der Waals surface area contributed by atoms with Crippen LogP contribution in [0.5, 0.6) is 23.0 Å². The predicted molar refractivity (Wildman–Crippen MR) is 150 cm³/mol. The third kappa shape index (κ3) is 6.86. The van der Waals surface area contributed by atoms with E-state index in [1.54, 1.807) is 14.2 Å². The lowest BCUT2D eigenvalue weighted by Gasteiger charge is -2.26. The van der Waals surface area contributed by atoms with Gasteiger partial charge in [-0.05, 0) is 71.8 Å². The fourth-order valence-corrected chi connectivity index (χ4v) is 4.64. The first-order valence-electron chi connectivity index (χ1n) is 13.2. The van der Waals surface area contributed by atoms with Crippen molar-refractivity contribution in [2.45, 2.75) is 52.2 Å². The van der Waals surface area contributed by atoms with Crippen LogP contribution >= 0.6 is 0 Å². The molecule has 3 aromatic carbocycles. The summed E-state index contributed by atoms with van der Waals surface area (Å²) in [6.45, 7) is 6.41. The Morgan fingerprint density at radius 1 is 0.892 bits per heavy atom. The number of benzene rings is 3. The van der Waals surface area contributed by atoms with Gasteiger partial charge in [0.05, 0.1) is 26.9 Å². The minimum absolute atomic E-state index is 0.0799. The van der Waals surface area contributed by atoms with Gasteiger partial charge in [0.1, 0.15) is 6.61 Å². The lowest BCUT2D eigenvalue weighted by molar-refractivity contribution is 0.283. The molecule has 4 rings (SSSR count). The Balaban J connectivity index is 1.54. The zero-order valence-corrected chi connectivity index (χ0v) is 22.5. The Morgan fingerprint density at radius 3 is 2.41 bits per heavy atom. The second-order valence-electron chi connectivity index (χ2n) is 9.43. The number of fused-ring (bicyclic) bond motifs is 1. The maximum atomic E-state index is 6.15. The largest absolute Gasteiger partial charge is 0.493 e. The molecule has 1 aliphatic heterocycles. The van der Waals surface area contributed by atoms with Crippen LogP contribution in [0.25, 0.3) is 6.08 Å². The van der Waals surface area contributed by atoms with Gasteiger partial charge in [-0.3, -0.25) is 0 Å². The van der Waals surface area contributed by atoms with E-state index in [1.807, 2.05) is 18.2 Å². The van der Waals surface area contributed by atoms with Crippen molar-refractivity contribution < 1.29 is 18.9 Å². The molecule has 1 unspecified atom stereocenters. The van der Waals surface area contributed by atoms with Crippen molar-refractivity contribution >= 4 is 6.08 Å². The third-order valence-electron chi connectivity index (χ3n) is 6.78. The number of aryl methyl sites for hydroxylation is 1. The summed E-state index contributed by atoms with van der Waals surface area (Å²) in [6, 6.07) is 18.7. The average Bonchev–Trinajstić information content (AvgIpc) is 2.93. The zero-order chi connectivity index (χ0) is 26.0. The Kier molecular flexibility index (Phi) is 9.50. The lowest BCUT2D eigenvalue weighted by atomic mass is 9.92. The number of methoxy groups -OCH3 is 2. The molecule has 1 aliphatic rings. The van der Waals surface area contributed by atoms with E-state index in [2.05, 4.69) is 67.7 Å². The Labute approximate surface area is 221 Å². The second kappa shape index (κ2) is 13.2. The topological polar surface area (TPSA) is 49.0 Å². The SMILES string of the molecule is CCCCCOc1cc(/C=C/C2NCCc3cc(OCc4ccccc4)c(OC)cc32)c(C)cc1OC. The second-order valence-corrected chi connectivity index (χ2v) is 9.43. The summed E-state index contributed by atoms with van der Waals surface area (Å²) in [4.78, 5) is 0. The maximum Gasteiger partial charge on any atom is 0.161 e. The summed E-state index contributed by atoms with van der Waals surface area (Å²) >= 11 is 0. The molecule has 0 amide bonds. The summed E-state index contributed by atoms with van der Waals surface area (Å²) in [7, 11) is 3.39. The van der Waals surface area contributed by atoms with Crippen LogP contribution in [-0.2, 0) is 13.0 Å². The van der Waals surface area contributed by atoms with Gasteiger partial charge in [0.25, 0.3) is 0 Å². The van der Waals surface area contributed by atoms with E-state index in [1.165, 1.54) is 17.5 Å². The molecular weight excluding hydrogens is 462 g/mol. The van der Waals surface area contributed by atoms with Crippen molar-refractivity contribution in [3.05, 3.63) is 88.5 Å². The van der Waals surface area contributed by atoms with Crippen molar-refractivity contribution in [2.24, 2.45) is 0 Å². The smallest absolute Gasteiger partial charge is 0.161 e. The van der Waals surface area contributed by atoms with Crippen molar-refractivity contribution in [1.82, 2.24) is 5.32 Å². The van der Waals surface area contributed by atoms with Crippen molar-refractivity contribution in [2.75, 3.05) is 27.4 Å². The molecule has 0 aromatic heterocycles. The number of rotatable bonds is 12.